The summed E-state index contributed by atoms with van der Waals surface area (Å²) in [6, 6.07) is 12.6. The fourth-order valence-electron chi connectivity index (χ4n) is 2.33. The van der Waals surface area contributed by atoms with Crippen molar-refractivity contribution in [2.24, 2.45) is 0 Å². The molecule has 1 N–H and O–H groups in total. The van der Waals surface area contributed by atoms with Crippen molar-refractivity contribution in [3.63, 3.8) is 0 Å². The molecule has 0 aliphatic carbocycles. The lowest BCUT2D eigenvalue weighted by molar-refractivity contribution is -0.155. The van der Waals surface area contributed by atoms with Crippen LogP contribution < -0.4 is 14.8 Å². The van der Waals surface area contributed by atoms with Gasteiger partial charge in [-0.15, -0.1) is 0 Å². The van der Waals surface area contributed by atoms with Gasteiger partial charge in [0.15, 0.2) is 12.7 Å². The van der Waals surface area contributed by atoms with Crippen LogP contribution in [0.5, 0.6) is 11.5 Å². The first-order valence-corrected chi connectivity index (χ1v) is 8.23. The lowest BCUT2D eigenvalue weighted by atomic mass is 10.1. The average molecular weight is 357 g/mol. The molecule has 0 radical (unpaired) electrons. The number of methoxy groups -OCH3 is 1. The highest BCUT2D eigenvalue weighted by atomic mass is 16.6. The smallest absolute Gasteiger partial charge is 0.344 e. The van der Waals surface area contributed by atoms with Crippen molar-refractivity contribution in [1.29, 1.82) is 0 Å². The summed E-state index contributed by atoms with van der Waals surface area (Å²) in [5.41, 5.74) is 2.60. The number of nitrogens with one attached hydrogen (secondary N) is 1. The van der Waals surface area contributed by atoms with Gasteiger partial charge in [-0.25, -0.2) is 4.79 Å². The number of rotatable bonds is 7. The average Bonchev–Trinajstić information content (AvgIpc) is 2.61. The van der Waals surface area contributed by atoms with Gasteiger partial charge in [-0.2, -0.15) is 0 Å². The Balaban J connectivity index is 1.84. The Morgan fingerprint density at radius 1 is 1.12 bits per heavy atom. The Labute approximate surface area is 153 Å². The molecular formula is C20H23NO5. The molecule has 0 bridgehead atoms. The van der Waals surface area contributed by atoms with Gasteiger partial charge in [0.05, 0.1) is 7.11 Å². The summed E-state index contributed by atoms with van der Waals surface area (Å²) >= 11 is 0. The summed E-state index contributed by atoms with van der Waals surface area (Å²) in [5.74, 6) is 0.187. The van der Waals surface area contributed by atoms with E-state index < -0.39 is 18.0 Å². The zero-order valence-corrected chi connectivity index (χ0v) is 15.4. The second-order valence-corrected chi connectivity index (χ2v) is 5.91. The molecule has 1 atom stereocenters. The normalized spacial score (nSPS) is 11.4. The van der Waals surface area contributed by atoms with Crippen LogP contribution in [0.2, 0.25) is 0 Å². The summed E-state index contributed by atoms with van der Waals surface area (Å²) in [6.45, 7) is 5.12. The van der Waals surface area contributed by atoms with Gasteiger partial charge < -0.3 is 19.5 Å². The zero-order valence-electron chi connectivity index (χ0n) is 15.4. The van der Waals surface area contributed by atoms with Gasteiger partial charge in [0.2, 0.25) is 0 Å². The van der Waals surface area contributed by atoms with Crippen molar-refractivity contribution >= 4 is 17.6 Å². The van der Waals surface area contributed by atoms with Gasteiger partial charge >= 0.3 is 5.97 Å². The largest absolute Gasteiger partial charge is 0.497 e. The minimum atomic E-state index is -0.948. The van der Waals surface area contributed by atoms with E-state index in [4.69, 9.17) is 14.2 Å². The van der Waals surface area contributed by atoms with Crippen LogP contribution in [0.3, 0.4) is 0 Å². The molecule has 0 aliphatic rings. The number of benzene rings is 2. The minimum Gasteiger partial charge on any atom is -0.497 e. The molecule has 1 amide bonds. The summed E-state index contributed by atoms with van der Waals surface area (Å²) in [6.07, 6.45) is -0.948. The molecule has 0 aromatic heterocycles. The Morgan fingerprint density at radius 3 is 2.58 bits per heavy atom. The second-order valence-electron chi connectivity index (χ2n) is 5.91. The molecular weight excluding hydrogens is 334 g/mol. The molecule has 2 aromatic carbocycles. The first-order chi connectivity index (χ1) is 12.4. The lowest BCUT2D eigenvalue weighted by Crippen LogP contribution is -2.31. The van der Waals surface area contributed by atoms with Crippen LogP contribution in [0, 0.1) is 13.8 Å². The number of aryl methyl sites for hydroxylation is 2. The van der Waals surface area contributed by atoms with Gasteiger partial charge in [0.1, 0.15) is 11.5 Å². The van der Waals surface area contributed by atoms with Crippen molar-refractivity contribution in [3.8, 4) is 11.5 Å². The topological polar surface area (TPSA) is 73.9 Å². The lowest BCUT2D eigenvalue weighted by Gasteiger charge is -2.15. The number of ether oxygens (including phenoxy) is 3. The van der Waals surface area contributed by atoms with Gasteiger partial charge in [-0.3, -0.25) is 4.79 Å². The van der Waals surface area contributed by atoms with Crippen LogP contribution >= 0.6 is 0 Å². The van der Waals surface area contributed by atoms with E-state index in [1.165, 1.54) is 6.92 Å². The van der Waals surface area contributed by atoms with Crippen molar-refractivity contribution in [1.82, 2.24) is 0 Å². The van der Waals surface area contributed by atoms with Crippen molar-refractivity contribution in [2.45, 2.75) is 26.9 Å². The van der Waals surface area contributed by atoms with Gasteiger partial charge in [-0.05, 0) is 44.5 Å². The maximum absolute atomic E-state index is 12.1. The molecule has 138 valence electrons. The molecule has 0 saturated carbocycles. The van der Waals surface area contributed by atoms with E-state index in [0.717, 1.165) is 11.1 Å². The monoisotopic (exact) mass is 357 g/mol. The third kappa shape index (κ3) is 5.51. The predicted molar refractivity (Wildman–Crippen MR) is 98.6 cm³/mol. The number of hydrogen-bond acceptors (Lipinski definition) is 5. The molecule has 26 heavy (non-hydrogen) atoms. The van der Waals surface area contributed by atoms with Crippen LogP contribution in [0.1, 0.15) is 18.1 Å². The molecule has 2 rings (SSSR count). The third-order valence-corrected chi connectivity index (χ3v) is 3.69. The second kappa shape index (κ2) is 8.89. The molecule has 0 saturated heterocycles. The van der Waals surface area contributed by atoms with E-state index in [1.54, 1.807) is 37.4 Å². The maximum Gasteiger partial charge on any atom is 0.344 e. The van der Waals surface area contributed by atoms with Crippen molar-refractivity contribution in [2.75, 3.05) is 19.0 Å². The molecule has 0 fully saturated rings. The molecule has 0 spiro atoms. The number of anilines is 1. The van der Waals surface area contributed by atoms with Crippen molar-refractivity contribution < 1.29 is 23.8 Å². The third-order valence-electron chi connectivity index (χ3n) is 3.69. The molecule has 2 aromatic rings. The van der Waals surface area contributed by atoms with Crippen molar-refractivity contribution in [3.05, 3.63) is 53.6 Å². The Morgan fingerprint density at radius 2 is 1.88 bits per heavy atom. The van der Waals surface area contributed by atoms with E-state index in [0.29, 0.717) is 17.2 Å². The highest BCUT2D eigenvalue weighted by Crippen LogP contribution is 2.19. The minimum absolute atomic E-state index is 0.263. The van der Waals surface area contributed by atoms with Crippen LogP contribution in [0.15, 0.2) is 42.5 Å². The van der Waals surface area contributed by atoms with E-state index in [9.17, 15) is 9.59 Å². The van der Waals surface area contributed by atoms with E-state index in [2.05, 4.69) is 5.32 Å². The van der Waals surface area contributed by atoms with Crippen LogP contribution in [-0.2, 0) is 14.3 Å². The maximum atomic E-state index is 12.1. The number of hydrogen-bond donors (Lipinski definition) is 1. The highest BCUT2D eigenvalue weighted by Gasteiger charge is 2.18. The van der Waals surface area contributed by atoms with E-state index in [1.807, 2.05) is 26.0 Å². The van der Waals surface area contributed by atoms with Gasteiger partial charge in [-0.1, -0.05) is 23.8 Å². The Kier molecular flexibility index (Phi) is 6.60. The Bertz CT molecular complexity index is 788. The Hall–Kier alpha value is -3.02. The van der Waals surface area contributed by atoms with Crippen LogP contribution in [0.25, 0.3) is 0 Å². The first kappa shape index (κ1) is 19.3. The summed E-state index contributed by atoms with van der Waals surface area (Å²) in [5, 5.41) is 2.67. The fourth-order valence-corrected chi connectivity index (χ4v) is 2.33. The summed E-state index contributed by atoms with van der Waals surface area (Å²) < 4.78 is 15.7. The first-order valence-electron chi connectivity index (χ1n) is 8.23. The molecule has 6 nitrogen and oxygen atoms in total. The SMILES string of the molecule is COc1cccc(NC(=O)[C@H](C)OC(=O)COc2ccc(C)cc2C)c1. The number of carbonyl (C=O) groups excluding carboxylic acids is 2. The zero-order chi connectivity index (χ0) is 19.1. The fraction of sp³-hybridized carbons (Fsp3) is 0.300. The summed E-state index contributed by atoms with van der Waals surface area (Å²) in [4.78, 5) is 24.1. The highest BCUT2D eigenvalue weighted by molar-refractivity contribution is 5.95. The predicted octanol–water partition coefficient (Wildman–Crippen LogP) is 3.26. The van der Waals surface area contributed by atoms with Crippen LogP contribution in [0.4, 0.5) is 5.69 Å². The van der Waals surface area contributed by atoms with Gasteiger partial charge in [0, 0.05) is 11.8 Å². The van der Waals surface area contributed by atoms with Gasteiger partial charge in [0.25, 0.3) is 5.91 Å². The molecule has 0 unspecified atom stereocenters. The molecule has 0 aliphatic heterocycles. The van der Waals surface area contributed by atoms with E-state index in [-0.39, 0.29) is 6.61 Å². The van der Waals surface area contributed by atoms with Crippen LogP contribution in [-0.4, -0.2) is 31.7 Å². The molecule has 0 heterocycles. The number of carbonyl (C=O) groups is 2. The standard InChI is InChI=1S/C20H23NO5/c1-13-8-9-18(14(2)10-13)25-12-19(22)26-15(3)20(23)21-16-6-5-7-17(11-16)24-4/h5-11,15H,12H2,1-4H3,(H,21,23)/t15-/m0/s1. The number of amides is 1. The van der Waals surface area contributed by atoms with E-state index >= 15 is 0 Å². The molecule has 6 heteroatoms. The summed E-state index contributed by atoms with van der Waals surface area (Å²) in [7, 11) is 1.54. The number of esters is 1. The quantitative estimate of drug-likeness (QED) is 0.770.